The Balaban J connectivity index is 0.000000166. The number of benzene rings is 2. The molecule has 0 saturated carbocycles. The zero-order valence-electron chi connectivity index (χ0n) is 14.4. The van der Waals surface area contributed by atoms with Gasteiger partial charge in [0.25, 0.3) is 0 Å². The van der Waals surface area contributed by atoms with Crippen molar-refractivity contribution in [2.75, 3.05) is 0 Å². The summed E-state index contributed by atoms with van der Waals surface area (Å²) in [7, 11) is 1.46. The molecule has 0 spiro atoms. The van der Waals surface area contributed by atoms with Gasteiger partial charge in [-0.1, -0.05) is 23.2 Å². The van der Waals surface area contributed by atoms with Gasteiger partial charge in [-0.25, -0.2) is 23.5 Å². The number of rotatable bonds is 2. The highest BCUT2D eigenvalue weighted by Crippen LogP contribution is 2.19. The number of nitrogens with zero attached hydrogens (tertiary/aromatic N) is 7. The third-order valence-electron chi connectivity index (χ3n) is 3.47. The van der Waals surface area contributed by atoms with E-state index in [9.17, 15) is 18.4 Å². The van der Waals surface area contributed by atoms with Crippen LogP contribution in [0.15, 0.2) is 46.0 Å². The largest absolute Gasteiger partial charge is 0.368 e. The number of aromatic nitrogens is 8. The van der Waals surface area contributed by atoms with Gasteiger partial charge in [0.05, 0.1) is 21.4 Å². The SMILES string of the molecule is Cn1nnn(-c2ccc(F)cc2Cl)c1=O.O=c1[nH]nnn1-c1ccc(F)cc1Cl. The Hall–Kier alpha value is -3.38. The van der Waals surface area contributed by atoms with Crippen molar-refractivity contribution in [2.24, 2.45) is 7.05 Å². The number of halogens is 4. The first-order valence-corrected chi connectivity index (χ1v) is 8.44. The number of tetrazole rings is 2. The average molecular weight is 443 g/mol. The van der Waals surface area contributed by atoms with Crippen molar-refractivity contribution in [2.45, 2.75) is 0 Å². The zero-order chi connectivity index (χ0) is 21.1. The minimum absolute atomic E-state index is 0.0981. The molecule has 2 heterocycles. The molecule has 0 amide bonds. The first-order valence-electron chi connectivity index (χ1n) is 7.68. The minimum Gasteiger partial charge on any atom is -0.244 e. The summed E-state index contributed by atoms with van der Waals surface area (Å²) in [6.07, 6.45) is 0. The van der Waals surface area contributed by atoms with Crippen LogP contribution in [0.3, 0.4) is 0 Å². The second-order valence-electron chi connectivity index (χ2n) is 5.41. The zero-order valence-corrected chi connectivity index (χ0v) is 15.9. The van der Waals surface area contributed by atoms with Gasteiger partial charge in [0, 0.05) is 7.05 Å². The summed E-state index contributed by atoms with van der Waals surface area (Å²) < 4.78 is 28.4. The molecule has 2 aromatic heterocycles. The Morgan fingerprint density at radius 1 is 0.862 bits per heavy atom. The molecule has 0 radical (unpaired) electrons. The molecule has 0 aliphatic carbocycles. The van der Waals surface area contributed by atoms with Gasteiger partial charge >= 0.3 is 11.4 Å². The van der Waals surface area contributed by atoms with Crippen molar-refractivity contribution in [3.63, 3.8) is 0 Å². The lowest BCUT2D eigenvalue weighted by Gasteiger charge is -2.00. The van der Waals surface area contributed by atoms with Gasteiger partial charge in [-0.15, -0.1) is 0 Å². The molecule has 29 heavy (non-hydrogen) atoms. The van der Waals surface area contributed by atoms with Gasteiger partial charge in [0.2, 0.25) is 0 Å². The smallest absolute Gasteiger partial charge is 0.244 e. The van der Waals surface area contributed by atoms with E-state index in [0.717, 1.165) is 26.2 Å². The molecule has 2 aromatic carbocycles. The monoisotopic (exact) mass is 442 g/mol. The van der Waals surface area contributed by atoms with E-state index in [4.69, 9.17) is 23.2 Å². The Morgan fingerprint density at radius 2 is 1.41 bits per heavy atom. The summed E-state index contributed by atoms with van der Waals surface area (Å²) in [6, 6.07) is 7.30. The van der Waals surface area contributed by atoms with Crippen LogP contribution in [0.2, 0.25) is 10.0 Å². The van der Waals surface area contributed by atoms with Crippen LogP contribution in [-0.2, 0) is 7.05 Å². The second-order valence-corrected chi connectivity index (χ2v) is 6.22. The Labute approximate surface area is 169 Å². The van der Waals surface area contributed by atoms with Gasteiger partial charge in [-0.05, 0) is 57.3 Å². The third-order valence-corrected chi connectivity index (χ3v) is 4.08. The summed E-state index contributed by atoms with van der Waals surface area (Å²) >= 11 is 11.5. The van der Waals surface area contributed by atoms with E-state index >= 15 is 0 Å². The number of hydrogen-bond donors (Lipinski definition) is 1. The lowest BCUT2D eigenvalue weighted by atomic mass is 10.3. The molecule has 150 valence electrons. The average Bonchev–Trinajstić information content (AvgIpc) is 3.22. The highest BCUT2D eigenvalue weighted by Gasteiger charge is 2.10. The van der Waals surface area contributed by atoms with Crippen LogP contribution in [0.4, 0.5) is 8.78 Å². The number of hydrogen-bond acceptors (Lipinski definition) is 6. The summed E-state index contributed by atoms with van der Waals surface area (Å²) in [6.45, 7) is 0. The van der Waals surface area contributed by atoms with Gasteiger partial charge < -0.3 is 0 Å². The molecule has 0 aliphatic rings. The molecule has 0 fully saturated rings. The Kier molecular flexibility index (Phi) is 5.84. The molecule has 14 heteroatoms. The van der Waals surface area contributed by atoms with Gasteiger partial charge in [-0.3, -0.25) is 0 Å². The van der Waals surface area contributed by atoms with Crippen molar-refractivity contribution in [3.8, 4) is 11.4 Å². The molecular weight excluding hydrogens is 433 g/mol. The first-order chi connectivity index (χ1) is 13.8. The quantitative estimate of drug-likeness (QED) is 0.502. The highest BCUT2D eigenvalue weighted by atomic mass is 35.5. The van der Waals surface area contributed by atoms with Crippen LogP contribution in [-0.4, -0.2) is 40.0 Å². The molecular formula is C15H10Cl2F2N8O2. The van der Waals surface area contributed by atoms with Gasteiger partial charge in [0.15, 0.2) is 0 Å². The summed E-state index contributed by atoms with van der Waals surface area (Å²) in [5.74, 6) is -0.948. The number of aryl methyl sites for hydroxylation is 1. The predicted octanol–water partition coefficient (Wildman–Crippen LogP) is 1.51. The van der Waals surface area contributed by atoms with Crippen LogP contribution < -0.4 is 11.4 Å². The summed E-state index contributed by atoms with van der Waals surface area (Å²) in [5, 5.41) is 16.2. The fourth-order valence-electron chi connectivity index (χ4n) is 2.13. The topological polar surface area (TPSA) is 116 Å². The van der Waals surface area contributed by atoms with Crippen LogP contribution in [0.1, 0.15) is 0 Å². The van der Waals surface area contributed by atoms with Crippen LogP contribution in [0.5, 0.6) is 0 Å². The fraction of sp³-hybridized carbons (Fsp3) is 0.0667. The molecule has 1 N–H and O–H groups in total. The third kappa shape index (κ3) is 4.38. The molecule has 0 atom stereocenters. The maximum atomic E-state index is 12.8. The van der Waals surface area contributed by atoms with Crippen LogP contribution in [0, 0.1) is 11.6 Å². The lowest BCUT2D eigenvalue weighted by Crippen LogP contribution is -2.22. The van der Waals surface area contributed by atoms with E-state index in [-0.39, 0.29) is 15.7 Å². The second kappa shape index (κ2) is 8.32. The summed E-state index contributed by atoms with van der Waals surface area (Å²) in [4.78, 5) is 22.5. The van der Waals surface area contributed by atoms with E-state index < -0.39 is 23.0 Å². The van der Waals surface area contributed by atoms with Crippen molar-refractivity contribution < 1.29 is 8.78 Å². The molecule has 0 aliphatic heterocycles. The molecule has 0 saturated heterocycles. The van der Waals surface area contributed by atoms with Crippen molar-refractivity contribution in [1.82, 2.24) is 40.0 Å². The molecule has 0 unspecified atom stereocenters. The minimum atomic E-state index is -0.529. The van der Waals surface area contributed by atoms with E-state index in [1.807, 2.05) is 0 Å². The van der Waals surface area contributed by atoms with Crippen molar-refractivity contribution in [1.29, 1.82) is 0 Å². The highest BCUT2D eigenvalue weighted by molar-refractivity contribution is 6.32. The number of nitrogens with one attached hydrogen (secondary N) is 1. The molecule has 10 nitrogen and oxygen atoms in total. The van der Waals surface area contributed by atoms with E-state index in [2.05, 4.69) is 26.0 Å². The van der Waals surface area contributed by atoms with Crippen molar-refractivity contribution in [3.05, 3.63) is 79.0 Å². The fourth-order valence-corrected chi connectivity index (χ4v) is 2.62. The Bertz CT molecular complexity index is 1280. The Morgan fingerprint density at radius 3 is 1.83 bits per heavy atom. The molecule has 4 rings (SSSR count). The van der Waals surface area contributed by atoms with E-state index in [0.29, 0.717) is 5.69 Å². The van der Waals surface area contributed by atoms with Crippen molar-refractivity contribution >= 4 is 23.2 Å². The normalized spacial score (nSPS) is 10.5. The van der Waals surface area contributed by atoms with Crippen LogP contribution in [0.25, 0.3) is 11.4 Å². The standard InChI is InChI=1S/C8H6ClFN4O.C7H4ClFN4O/c1-13-8(15)14(12-11-13)7-3-2-5(10)4-6(7)9;8-5-3-4(9)1-2-6(5)13-7(14)10-11-12-13/h2-4H,1H3;1-3H,(H,10,12,14). The maximum Gasteiger partial charge on any atom is 0.368 e. The lowest BCUT2D eigenvalue weighted by molar-refractivity contribution is 0.626. The predicted molar refractivity (Wildman–Crippen MR) is 98.5 cm³/mol. The molecule has 0 bridgehead atoms. The first kappa shape index (κ1) is 20.4. The summed E-state index contributed by atoms with van der Waals surface area (Å²) in [5.41, 5.74) is -0.384. The van der Waals surface area contributed by atoms with Crippen LogP contribution >= 0.6 is 23.2 Å². The van der Waals surface area contributed by atoms with Gasteiger partial charge in [-0.2, -0.15) is 14.0 Å². The van der Waals surface area contributed by atoms with E-state index in [1.54, 1.807) is 0 Å². The maximum absolute atomic E-state index is 12.8. The number of aromatic amines is 1. The van der Waals surface area contributed by atoms with E-state index in [1.165, 1.54) is 31.3 Å². The van der Waals surface area contributed by atoms with Gasteiger partial charge in [0.1, 0.15) is 11.6 Å². The number of H-pyrrole nitrogens is 1. The molecule has 4 aromatic rings.